The lowest BCUT2D eigenvalue weighted by molar-refractivity contribution is -0.156. The van der Waals surface area contributed by atoms with E-state index in [4.69, 9.17) is 11.6 Å². The van der Waals surface area contributed by atoms with E-state index in [0.29, 0.717) is 24.2 Å². The largest absolute Gasteiger partial charge is 0.389 e. The van der Waals surface area contributed by atoms with Crippen molar-refractivity contribution in [2.45, 2.75) is 71.0 Å². The molecule has 138 valence electrons. The van der Waals surface area contributed by atoms with Gasteiger partial charge in [-0.2, -0.15) is 0 Å². The van der Waals surface area contributed by atoms with Crippen LogP contribution in [-0.4, -0.2) is 27.7 Å². The Balaban J connectivity index is 1.78. The molecular weight excluding hydrogens is 336 g/mol. The Morgan fingerprint density at radius 1 is 1.12 bits per heavy atom. The highest BCUT2D eigenvalue weighted by Gasteiger charge is 2.65. The zero-order chi connectivity index (χ0) is 18.2. The Labute approximate surface area is 155 Å². The summed E-state index contributed by atoms with van der Waals surface area (Å²) < 4.78 is 0. The molecule has 0 amide bonds. The van der Waals surface area contributed by atoms with Crippen molar-refractivity contribution in [1.29, 1.82) is 0 Å². The highest BCUT2D eigenvalue weighted by molar-refractivity contribution is 6.32. The minimum Gasteiger partial charge on any atom is -0.389 e. The van der Waals surface area contributed by atoms with Crippen LogP contribution in [0.5, 0.6) is 0 Å². The van der Waals surface area contributed by atoms with E-state index in [0.717, 1.165) is 42.7 Å². The Hall–Kier alpha value is -0.640. The van der Waals surface area contributed by atoms with Gasteiger partial charge in [0.05, 0.1) is 6.10 Å². The molecule has 2 saturated carbocycles. The fraction of sp³-hybridized carbons (Fsp3) is 0.762. The maximum absolute atomic E-state index is 12.3. The van der Waals surface area contributed by atoms with E-state index < -0.39 is 11.7 Å². The van der Waals surface area contributed by atoms with Crippen LogP contribution in [0.4, 0.5) is 0 Å². The zero-order valence-corrected chi connectivity index (χ0v) is 16.1. The summed E-state index contributed by atoms with van der Waals surface area (Å²) >= 11 is 6.69. The molecule has 4 aliphatic carbocycles. The van der Waals surface area contributed by atoms with Gasteiger partial charge in [0, 0.05) is 10.4 Å². The van der Waals surface area contributed by atoms with Crippen molar-refractivity contribution in [3.8, 4) is 0 Å². The minimum absolute atomic E-state index is 0.00596. The number of ketones is 1. The number of Topliss-reactive ketones (excluding diaryl/α,β-unsaturated/α-hetero) is 1. The molecule has 0 aromatic rings. The second kappa shape index (κ2) is 5.43. The van der Waals surface area contributed by atoms with Crippen molar-refractivity contribution in [3.63, 3.8) is 0 Å². The maximum Gasteiger partial charge on any atom is 0.161 e. The van der Waals surface area contributed by atoms with Crippen molar-refractivity contribution < 1.29 is 15.0 Å². The molecule has 0 aliphatic heterocycles. The molecule has 0 bridgehead atoms. The second-order valence-corrected chi connectivity index (χ2v) is 9.73. The van der Waals surface area contributed by atoms with Gasteiger partial charge in [-0.1, -0.05) is 37.6 Å². The Morgan fingerprint density at radius 3 is 2.48 bits per heavy atom. The van der Waals surface area contributed by atoms with Gasteiger partial charge in [0.1, 0.15) is 5.60 Å². The van der Waals surface area contributed by atoms with Gasteiger partial charge in [-0.15, -0.1) is 0 Å². The summed E-state index contributed by atoms with van der Waals surface area (Å²) in [6, 6.07) is 0. The van der Waals surface area contributed by atoms with Gasteiger partial charge in [-0.25, -0.2) is 0 Å². The van der Waals surface area contributed by atoms with Crippen LogP contribution in [0.25, 0.3) is 0 Å². The summed E-state index contributed by atoms with van der Waals surface area (Å²) in [6.45, 7) is 5.95. The number of hydrogen-bond donors (Lipinski definition) is 2. The number of aliphatic hydroxyl groups is 2. The normalized spacial score (nSPS) is 51.8. The van der Waals surface area contributed by atoms with Crippen LogP contribution in [0.2, 0.25) is 0 Å². The lowest BCUT2D eigenvalue weighted by Crippen LogP contribution is -2.56. The Morgan fingerprint density at radius 2 is 1.80 bits per heavy atom. The highest BCUT2D eigenvalue weighted by Crippen LogP contribution is 2.67. The average molecular weight is 365 g/mol. The first-order chi connectivity index (χ1) is 11.6. The van der Waals surface area contributed by atoms with Crippen LogP contribution in [0.15, 0.2) is 22.8 Å². The predicted molar refractivity (Wildman–Crippen MR) is 98.0 cm³/mol. The van der Waals surface area contributed by atoms with Crippen LogP contribution < -0.4 is 0 Å². The lowest BCUT2D eigenvalue weighted by Gasteiger charge is -2.57. The maximum atomic E-state index is 12.3. The van der Waals surface area contributed by atoms with E-state index >= 15 is 0 Å². The summed E-state index contributed by atoms with van der Waals surface area (Å²) in [4.78, 5) is 12.3. The van der Waals surface area contributed by atoms with Gasteiger partial charge < -0.3 is 10.2 Å². The smallest absolute Gasteiger partial charge is 0.161 e. The molecule has 0 unspecified atom stereocenters. The van der Waals surface area contributed by atoms with E-state index in [1.165, 1.54) is 6.92 Å². The van der Waals surface area contributed by atoms with Crippen molar-refractivity contribution in [3.05, 3.63) is 22.8 Å². The van der Waals surface area contributed by atoms with Crippen molar-refractivity contribution in [2.24, 2.45) is 28.6 Å². The number of allylic oxidation sites excluding steroid dienone is 3. The molecule has 0 aromatic heterocycles. The minimum atomic E-state index is -1.19. The van der Waals surface area contributed by atoms with Crippen LogP contribution in [0.1, 0.15) is 59.3 Å². The number of hydrogen-bond acceptors (Lipinski definition) is 3. The molecule has 0 saturated heterocycles. The number of rotatable bonds is 1. The Kier molecular flexibility index (Phi) is 3.86. The topological polar surface area (TPSA) is 57.5 Å². The van der Waals surface area contributed by atoms with Gasteiger partial charge in [0.15, 0.2) is 5.78 Å². The molecule has 0 radical (unpaired) electrons. The van der Waals surface area contributed by atoms with Crippen molar-refractivity contribution >= 4 is 17.4 Å². The molecule has 0 spiro atoms. The second-order valence-electron chi connectivity index (χ2n) is 9.32. The molecule has 0 heterocycles. The summed E-state index contributed by atoms with van der Waals surface area (Å²) in [5.74, 6) is 0.978. The number of aliphatic hydroxyl groups excluding tert-OH is 1. The highest BCUT2D eigenvalue weighted by atomic mass is 35.5. The summed E-state index contributed by atoms with van der Waals surface area (Å²) in [5, 5.41) is 22.0. The van der Waals surface area contributed by atoms with Crippen LogP contribution >= 0.6 is 11.6 Å². The SMILES string of the molecule is CC(=O)[C@]1(O)CC[C@@H]2[C@H]3C=C(Cl)C4=C[C@@H](O)CC[C@]4(C)[C@@H]3CC[C@@]21C. The molecule has 4 aliphatic rings. The fourth-order valence-electron chi connectivity index (χ4n) is 6.81. The number of fused-ring (bicyclic) bond motifs is 5. The van der Waals surface area contributed by atoms with Gasteiger partial charge >= 0.3 is 0 Å². The molecule has 2 fully saturated rings. The van der Waals surface area contributed by atoms with Crippen LogP contribution in [0.3, 0.4) is 0 Å². The number of carbonyl (C=O) groups excluding carboxylic acids is 1. The average Bonchev–Trinajstić information content (AvgIpc) is 2.83. The first-order valence-corrected chi connectivity index (χ1v) is 10.0. The van der Waals surface area contributed by atoms with Gasteiger partial charge in [-0.05, 0) is 74.2 Å². The third-order valence-corrected chi connectivity index (χ3v) is 8.74. The first kappa shape index (κ1) is 17.8. The summed E-state index contributed by atoms with van der Waals surface area (Å²) in [7, 11) is 0. The van der Waals surface area contributed by atoms with E-state index in [1.807, 2.05) is 6.08 Å². The molecule has 4 rings (SSSR count). The number of halogens is 1. The number of carbonyl (C=O) groups is 1. The van der Waals surface area contributed by atoms with Crippen molar-refractivity contribution in [1.82, 2.24) is 0 Å². The molecule has 0 aromatic carbocycles. The molecular formula is C21H29ClO3. The van der Waals surface area contributed by atoms with Crippen LogP contribution in [0, 0.1) is 28.6 Å². The molecule has 25 heavy (non-hydrogen) atoms. The molecule has 2 N–H and O–H groups in total. The monoisotopic (exact) mass is 364 g/mol. The van der Waals surface area contributed by atoms with Gasteiger partial charge in [-0.3, -0.25) is 4.79 Å². The predicted octanol–water partition coefficient (Wildman–Crippen LogP) is 3.97. The van der Waals surface area contributed by atoms with E-state index in [2.05, 4.69) is 19.9 Å². The lowest BCUT2D eigenvalue weighted by atomic mass is 9.48. The van der Waals surface area contributed by atoms with E-state index in [-0.39, 0.29) is 16.6 Å². The third kappa shape index (κ3) is 2.15. The van der Waals surface area contributed by atoms with E-state index in [9.17, 15) is 15.0 Å². The summed E-state index contributed by atoms with van der Waals surface area (Å²) in [5.41, 5.74) is -0.450. The standard InChI is InChI=1S/C21H29ClO3/c1-12(23)21(25)9-6-16-14-11-18(22)17-10-13(24)4-7-19(17,2)15(14)5-8-20(16,21)3/h10-11,13-16,24-25H,4-9H2,1-3H3/t13-,14-,15+,16+,19+,20-,21+/m0/s1. The fourth-order valence-corrected chi connectivity index (χ4v) is 7.24. The quantitative estimate of drug-likeness (QED) is 0.740. The first-order valence-electron chi connectivity index (χ1n) is 9.65. The molecule has 7 atom stereocenters. The Bertz CT molecular complexity index is 683. The third-order valence-electron chi connectivity index (χ3n) is 8.41. The summed E-state index contributed by atoms with van der Waals surface area (Å²) in [6.07, 6.45) is 8.79. The van der Waals surface area contributed by atoms with Gasteiger partial charge in [0.25, 0.3) is 0 Å². The molecule has 4 heteroatoms. The van der Waals surface area contributed by atoms with Crippen molar-refractivity contribution in [2.75, 3.05) is 0 Å². The zero-order valence-electron chi connectivity index (χ0n) is 15.4. The van der Waals surface area contributed by atoms with Crippen LogP contribution in [-0.2, 0) is 4.79 Å². The molecule has 3 nitrogen and oxygen atoms in total. The van der Waals surface area contributed by atoms with E-state index in [1.54, 1.807) is 0 Å². The van der Waals surface area contributed by atoms with Gasteiger partial charge in [0.2, 0.25) is 0 Å².